The summed E-state index contributed by atoms with van der Waals surface area (Å²) in [5.74, 6) is -0.163. The van der Waals surface area contributed by atoms with Crippen molar-refractivity contribution >= 4 is 17.6 Å². The maximum atomic E-state index is 11.6. The highest BCUT2D eigenvalue weighted by atomic mass is 16.3. The summed E-state index contributed by atoms with van der Waals surface area (Å²) in [6, 6.07) is 4.37. The summed E-state index contributed by atoms with van der Waals surface area (Å²) >= 11 is 0. The molecule has 3 amide bonds. The number of nitrogens with zero attached hydrogens (tertiary/aromatic N) is 1. The number of aryl methyl sites for hydroxylation is 1. The lowest BCUT2D eigenvalue weighted by molar-refractivity contribution is -0.120. The number of phenolic OH excluding ortho intramolecular Hbond substituents is 1. The first kappa shape index (κ1) is 10.5. The molecule has 5 nitrogen and oxygen atoms in total. The molecule has 1 aromatic carbocycles. The number of aromatic hydroxyl groups is 1. The predicted octanol–water partition coefficient (Wildman–Crippen LogP) is 1.15. The van der Waals surface area contributed by atoms with Crippen molar-refractivity contribution < 1.29 is 14.7 Å². The highest BCUT2D eigenvalue weighted by molar-refractivity contribution is 6.05. The SMILES string of the molecule is Cc1ccc(O)cc1N1CCC(=O)NC1=O. The van der Waals surface area contributed by atoms with Gasteiger partial charge in [-0.3, -0.25) is 15.0 Å². The number of rotatable bonds is 1. The Labute approximate surface area is 92.7 Å². The third kappa shape index (κ3) is 1.84. The van der Waals surface area contributed by atoms with Crippen LogP contribution >= 0.6 is 0 Å². The lowest BCUT2D eigenvalue weighted by atomic mass is 10.1. The van der Waals surface area contributed by atoms with Crippen LogP contribution in [0.25, 0.3) is 0 Å². The molecule has 2 N–H and O–H groups in total. The summed E-state index contributed by atoms with van der Waals surface area (Å²) in [5.41, 5.74) is 1.51. The fraction of sp³-hybridized carbons (Fsp3) is 0.273. The molecule has 0 bridgehead atoms. The minimum absolute atomic E-state index is 0.102. The first-order valence-corrected chi connectivity index (χ1v) is 4.99. The van der Waals surface area contributed by atoms with E-state index < -0.39 is 6.03 Å². The van der Waals surface area contributed by atoms with Gasteiger partial charge >= 0.3 is 6.03 Å². The second kappa shape index (κ2) is 3.84. The molecule has 0 atom stereocenters. The number of phenols is 1. The minimum Gasteiger partial charge on any atom is -0.508 e. The number of nitrogens with one attached hydrogen (secondary N) is 1. The van der Waals surface area contributed by atoms with Gasteiger partial charge in [-0.2, -0.15) is 0 Å². The molecule has 0 spiro atoms. The largest absolute Gasteiger partial charge is 0.508 e. The van der Waals surface area contributed by atoms with Crippen LogP contribution in [0, 0.1) is 6.92 Å². The molecule has 1 saturated heterocycles. The molecule has 0 aliphatic carbocycles. The maximum Gasteiger partial charge on any atom is 0.328 e. The third-order valence-electron chi connectivity index (χ3n) is 2.54. The Kier molecular flexibility index (Phi) is 2.52. The summed E-state index contributed by atoms with van der Waals surface area (Å²) in [6.45, 7) is 2.19. The summed E-state index contributed by atoms with van der Waals surface area (Å²) in [7, 11) is 0. The number of urea groups is 1. The van der Waals surface area contributed by atoms with E-state index in [4.69, 9.17) is 0 Å². The first-order chi connectivity index (χ1) is 7.58. The van der Waals surface area contributed by atoms with Gasteiger partial charge in [-0.25, -0.2) is 4.79 Å². The van der Waals surface area contributed by atoms with Gasteiger partial charge in [0.25, 0.3) is 0 Å². The van der Waals surface area contributed by atoms with E-state index in [2.05, 4.69) is 5.32 Å². The van der Waals surface area contributed by atoms with Gasteiger partial charge in [-0.15, -0.1) is 0 Å². The molecule has 1 aliphatic heterocycles. The van der Waals surface area contributed by atoms with Gasteiger partial charge in [0.2, 0.25) is 5.91 Å². The Bertz CT molecular complexity index is 457. The van der Waals surface area contributed by atoms with Crippen molar-refractivity contribution in [3.8, 4) is 5.75 Å². The molecule has 1 aliphatic rings. The fourth-order valence-electron chi connectivity index (χ4n) is 1.68. The number of carbonyl (C=O) groups excluding carboxylic acids is 2. The molecule has 0 radical (unpaired) electrons. The minimum atomic E-state index is -0.440. The quantitative estimate of drug-likeness (QED) is 0.745. The standard InChI is InChI=1S/C11H12N2O3/c1-7-2-3-8(14)6-9(7)13-5-4-10(15)12-11(13)16/h2-3,6,14H,4-5H2,1H3,(H,12,15,16). The van der Waals surface area contributed by atoms with Gasteiger partial charge in [0.05, 0.1) is 5.69 Å². The number of imide groups is 1. The van der Waals surface area contributed by atoms with E-state index in [0.717, 1.165) is 5.56 Å². The predicted molar refractivity (Wildman–Crippen MR) is 58.3 cm³/mol. The van der Waals surface area contributed by atoms with Crippen LogP contribution in [0.15, 0.2) is 18.2 Å². The van der Waals surface area contributed by atoms with E-state index >= 15 is 0 Å². The first-order valence-electron chi connectivity index (χ1n) is 4.99. The van der Waals surface area contributed by atoms with Gasteiger partial charge in [0, 0.05) is 19.0 Å². The van der Waals surface area contributed by atoms with Crippen LogP contribution in [0.4, 0.5) is 10.5 Å². The van der Waals surface area contributed by atoms with Crippen molar-refractivity contribution in [2.45, 2.75) is 13.3 Å². The van der Waals surface area contributed by atoms with Crippen LogP contribution < -0.4 is 10.2 Å². The van der Waals surface area contributed by atoms with E-state index in [1.165, 1.54) is 11.0 Å². The van der Waals surface area contributed by atoms with Crippen molar-refractivity contribution in [2.75, 3.05) is 11.4 Å². The lowest BCUT2D eigenvalue weighted by Crippen LogP contribution is -2.49. The van der Waals surface area contributed by atoms with Crippen LogP contribution in [-0.4, -0.2) is 23.6 Å². The molecule has 0 aromatic heterocycles. The Hall–Kier alpha value is -2.04. The number of hydrogen-bond acceptors (Lipinski definition) is 3. The van der Waals surface area contributed by atoms with Crippen molar-refractivity contribution in [1.82, 2.24) is 5.32 Å². The highest BCUT2D eigenvalue weighted by Crippen LogP contribution is 2.26. The van der Waals surface area contributed by atoms with Gasteiger partial charge in [0.1, 0.15) is 5.75 Å². The number of hydrogen-bond donors (Lipinski definition) is 2. The Morgan fingerprint density at radius 1 is 1.38 bits per heavy atom. The van der Waals surface area contributed by atoms with E-state index in [9.17, 15) is 14.7 Å². The zero-order valence-corrected chi connectivity index (χ0v) is 8.86. The summed E-state index contributed by atoms with van der Waals surface area (Å²) in [4.78, 5) is 24.0. The monoisotopic (exact) mass is 220 g/mol. The van der Waals surface area contributed by atoms with E-state index in [-0.39, 0.29) is 18.1 Å². The number of carbonyl (C=O) groups is 2. The van der Waals surface area contributed by atoms with E-state index in [1.54, 1.807) is 12.1 Å². The maximum absolute atomic E-state index is 11.6. The van der Waals surface area contributed by atoms with Gasteiger partial charge in [-0.05, 0) is 18.6 Å². The second-order valence-corrected chi connectivity index (χ2v) is 3.73. The molecule has 0 saturated carbocycles. The number of amides is 3. The molecule has 0 unspecified atom stereocenters. The molecule has 1 aromatic rings. The number of anilines is 1. The van der Waals surface area contributed by atoms with E-state index in [1.807, 2.05) is 6.92 Å². The second-order valence-electron chi connectivity index (χ2n) is 3.73. The topological polar surface area (TPSA) is 69.6 Å². The van der Waals surface area contributed by atoms with Crippen LogP contribution in [-0.2, 0) is 4.79 Å². The summed E-state index contributed by atoms with van der Waals surface area (Å²) < 4.78 is 0. The van der Waals surface area contributed by atoms with Gasteiger partial charge < -0.3 is 5.11 Å². The molecule has 5 heteroatoms. The van der Waals surface area contributed by atoms with Crippen LogP contribution in [0.5, 0.6) is 5.75 Å². The molecular weight excluding hydrogens is 208 g/mol. The molecule has 84 valence electrons. The molecule has 1 fully saturated rings. The van der Waals surface area contributed by atoms with E-state index in [0.29, 0.717) is 12.2 Å². The zero-order valence-electron chi connectivity index (χ0n) is 8.86. The van der Waals surface area contributed by atoms with Gasteiger partial charge in [0.15, 0.2) is 0 Å². The molecule has 2 rings (SSSR count). The van der Waals surface area contributed by atoms with Gasteiger partial charge in [-0.1, -0.05) is 6.07 Å². The smallest absolute Gasteiger partial charge is 0.328 e. The van der Waals surface area contributed by atoms with Crippen LogP contribution in [0.3, 0.4) is 0 Å². The molecular formula is C11H12N2O3. The Morgan fingerprint density at radius 3 is 2.81 bits per heavy atom. The van der Waals surface area contributed by atoms with Crippen molar-refractivity contribution in [1.29, 1.82) is 0 Å². The average Bonchev–Trinajstić information content (AvgIpc) is 2.22. The van der Waals surface area contributed by atoms with Crippen LogP contribution in [0.2, 0.25) is 0 Å². The van der Waals surface area contributed by atoms with Crippen molar-refractivity contribution in [3.05, 3.63) is 23.8 Å². The van der Waals surface area contributed by atoms with Crippen molar-refractivity contribution in [2.24, 2.45) is 0 Å². The summed E-state index contributed by atoms with van der Waals surface area (Å²) in [6.07, 6.45) is 0.279. The summed E-state index contributed by atoms with van der Waals surface area (Å²) in [5, 5.41) is 11.6. The number of benzene rings is 1. The normalized spacial score (nSPS) is 16.2. The Balaban J connectivity index is 2.33. The van der Waals surface area contributed by atoms with Crippen molar-refractivity contribution in [3.63, 3.8) is 0 Å². The third-order valence-corrected chi connectivity index (χ3v) is 2.54. The Morgan fingerprint density at radius 2 is 2.12 bits per heavy atom. The molecule has 16 heavy (non-hydrogen) atoms. The lowest BCUT2D eigenvalue weighted by Gasteiger charge is -2.27. The average molecular weight is 220 g/mol. The zero-order chi connectivity index (χ0) is 11.7. The highest BCUT2D eigenvalue weighted by Gasteiger charge is 2.25. The van der Waals surface area contributed by atoms with Crippen LogP contribution in [0.1, 0.15) is 12.0 Å². The fourth-order valence-corrected chi connectivity index (χ4v) is 1.68. The molecule has 1 heterocycles.